The summed E-state index contributed by atoms with van der Waals surface area (Å²) in [4.78, 5) is 13.4. The lowest BCUT2D eigenvalue weighted by Crippen LogP contribution is -2.38. The highest BCUT2D eigenvalue weighted by molar-refractivity contribution is 5.88. The van der Waals surface area contributed by atoms with Gasteiger partial charge >= 0.3 is 6.03 Å². The zero-order valence-corrected chi connectivity index (χ0v) is 7.90. The van der Waals surface area contributed by atoms with Gasteiger partial charge < -0.3 is 9.42 Å². The van der Waals surface area contributed by atoms with E-state index in [9.17, 15) is 4.79 Å². The Morgan fingerprint density at radius 1 is 1.43 bits per heavy atom. The lowest BCUT2D eigenvalue weighted by atomic mass is 10.1. The Morgan fingerprint density at radius 2 is 2.21 bits per heavy atom. The summed E-state index contributed by atoms with van der Waals surface area (Å²) in [5.74, 6) is 0.473. The van der Waals surface area contributed by atoms with Gasteiger partial charge in [-0.1, -0.05) is 5.16 Å². The van der Waals surface area contributed by atoms with Crippen LogP contribution in [0.5, 0.6) is 0 Å². The van der Waals surface area contributed by atoms with Gasteiger partial charge in [0.05, 0.1) is 0 Å². The number of hydrogen-bond donors (Lipinski definition) is 1. The maximum atomic E-state index is 11.6. The first-order chi connectivity index (χ1) is 6.86. The lowest BCUT2D eigenvalue weighted by Gasteiger charge is -2.26. The molecule has 1 aromatic heterocycles. The van der Waals surface area contributed by atoms with Gasteiger partial charge in [-0.25, -0.2) is 4.79 Å². The van der Waals surface area contributed by atoms with E-state index in [1.807, 2.05) is 0 Å². The second kappa shape index (κ2) is 4.13. The molecular formula is C9H13N3O2. The number of urea groups is 1. The summed E-state index contributed by atoms with van der Waals surface area (Å²) < 4.78 is 4.62. The molecule has 76 valence electrons. The van der Waals surface area contributed by atoms with Gasteiger partial charge in [0.1, 0.15) is 6.26 Å². The molecule has 1 saturated heterocycles. The van der Waals surface area contributed by atoms with E-state index in [2.05, 4.69) is 15.0 Å². The van der Waals surface area contributed by atoms with Crippen LogP contribution in [0, 0.1) is 0 Å². The van der Waals surface area contributed by atoms with Crippen molar-refractivity contribution in [1.82, 2.24) is 10.1 Å². The minimum absolute atomic E-state index is 0.0846. The zero-order chi connectivity index (χ0) is 9.80. The summed E-state index contributed by atoms with van der Waals surface area (Å²) in [5.41, 5.74) is 0. The molecular weight excluding hydrogens is 182 g/mol. The molecule has 0 aromatic carbocycles. The topological polar surface area (TPSA) is 58.4 Å². The van der Waals surface area contributed by atoms with E-state index >= 15 is 0 Å². The number of aromatic nitrogens is 1. The minimum Gasteiger partial charge on any atom is -0.363 e. The average molecular weight is 195 g/mol. The van der Waals surface area contributed by atoms with Crippen LogP contribution in [-0.4, -0.2) is 29.2 Å². The van der Waals surface area contributed by atoms with Crippen molar-refractivity contribution in [3.63, 3.8) is 0 Å². The molecule has 0 radical (unpaired) electrons. The number of nitrogens with zero attached hydrogens (tertiary/aromatic N) is 2. The summed E-state index contributed by atoms with van der Waals surface area (Å²) in [6.07, 6.45) is 4.83. The van der Waals surface area contributed by atoms with Crippen molar-refractivity contribution in [2.75, 3.05) is 18.4 Å². The van der Waals surface area contributed by atoms with Crippen LogP contribution in [0.25, 0.3) is 0 Å². The standard InChI is InChI=1S/C9H13N3O2/c13-9(10-8-4-7-14-11-8)12-5-2-1-3-6-12/h4,7H,1-3,5-6H2,(H,10,11,13). The van der Waals surface area contributed by atoms with Crippen molar-refractivity contribution in [3.8, 4) is 0 Å². The Morgan fingerprint density at radius 3 is 2.86 bits per heavy atom. The van der Waals surface area contributed by atoms with Gasteiger partial charge in [-0.2, -0.15) is 0 Å². The molecule has 0 spiro atoms. The van der Waals surface area contributed by atoms with Crippen molar-refractivity contribution in [2.24, 2.45) is 0 Å². The Labute approximate surface area is 82.1 Å². The van der Waals surface area contributed by atoms with Crippen molar-refractivity contribution in [3.05, 3.63) is 12.3 Å². The third kappa shape index (κ3) is 2.04. The first kappa shape index (κ1) is 9.05. The fourth-order valence-electron chi connectivity index (χ4n) is 1.56. The third-order valence-electron chi connectivity index (χ3n) is 2.32. The highest BCUT2D eigenvalue weighted by Crippen LogP contribution is 2.10. The van der Waals surface area contributed by atoms with E-state index in [-0.39, 0.29) is 6.03 Å². The molecule has 5 heteroatoms. The largest absolute Gasteiger partial charge is 0.363 e. The molecule has 14 heavy (non-hydrogen) atoms. The van der Waals surface area contributed by atoms with Crippen LogP contribution in [0.4, 0.5) is 10.6 Å². The maximum absolute atomic E-state index is 11.6. The Bertz CT molecular complexity index is 291. The van der Waals surface area contributed by atoms with Crippen LogP contribution >= 0.6 is 0 Å². The van der Waals surface area contributed by atoms with Crippen LogP contribution < -0.4 is 5.32 Å². The van der Waals surface area contributed by atoms with E-state index < -0.39 is 0 Å². The van der Waals surface area contributed by atoms with Crippen LogP contribution in [0.15, 0.2) is 16.9 Å². The summed E-state index contributed by atoms with van der Waals surface area (Å²) in [5, 5.41) is 6.29. The van der Waals surface area contributed by atoms with E-state index in [1.165, 1.54) is 12.7 Å². The smallest absolute Gasteiger partial charge is 0.323 e. The minimum atomic E-state index is -0.0846. The number of carbonyl (C=O) groups excluding carboxylic acids is 1. The first-order valence-corrected chi connectivity index (χ1v) is 4.82. The van der Waals surface area contributed by atoms with Crippen LogP contribution in [0.3, 0.4) is 0 Å². The molecule has 2 heterocycles. The second-order valence-electron chi connectivity index (χ2n) is 3.36. The molecule has 1 fully saturated rings. The molecule has 2 amide bonds. The van der Waals surface area contributed by atoms with Gasteiger partial charge in [0, 0.05) is 19.2 Å². The zero-order valence-electron chi connectivity index (χ0n) is 7.90. The van der Waals surface area contributed by atoms with Crippen LogP contribution in [-0.2, 0) is 0 Å². The Balaban J connectivity index is 1.88. The number of likely N-dealkylation sites (tertiary alicyclic amines) is 1. The number of amides is 2. The Hall–Kier alpha value is -1.52. The van der Waals surface area contributed by atoms with Crippen molar-refractivity contribution < 1.29 is 9.32 Å². The molecule has 0 aliphatic carbocycles. The number of nitrogens with one attached hydrogen (secondary N) is 1. The van der Waals surface area contributed by atoms with Crippen LogP contribution in [0.1, 0.15) is 19.3 Å². The van der Waals surface area contributed by atoms with E-state index in [1.54, 1.807) is 11.0 Å². The van der Waals surface area contributed by atoms with E-state index in [4.69, 9.17) is 0 Å². The molecule has 1 N–H and O–H groups in total. The average Bonchev–Trinajstić information content (AvgIpc) is 2.72. The molecule has 0 unspecified atom stereocenters. The quantitative estimate of drug-likeness (QED) is 0.741. The monoisotopic (exact) mass is 195 g/mol. The van der Waals surface area contributed by atoms with Gasteiger partial charge in [0.25, 0.3) is 0 Å². The maximum Gasteiger partial charge on any atom is 0.323 e. The normalized spacial score (nSPS) is 16.7. The van der Waals surface area contributed by atoms with Crippen molar-refractivity contribution in [2.45, 2.75) is 19.3 Å². The fraction of sp³-hybridized carbons (Fsp3) is 0.556. The highest BCUT2D eigenvalue weighted by atomic mass is 16.5. The number of rotatable bonds is 1. The summed E-state index contributed by atoms with van der Waals surface area (Å²) in [6.45, 7) is 1.67. The number of hydrogen-bond acceptors (Lipinski definition) is 3. The summed E-state index contributed by atoms with van der Waals surface area (Å²) >= 11 is 0. The molecule has 5 nitrogen and oxygen atoms in total. The van der Waals surface area contributed by atoms with E-state index in [0.29, 0.717) is 5.82 Å². The summed E-state index contributed by atoms with van der Waals surface area (Å²) in [6, 6.07) is 1.54. The first-order valence-electron chi connectivity index (χ1n) is 4.82. The molecule has 1 aliphatic heterocycles. The molecule has 0 atom stereocenters. The molecule has 1 aliphatic rings. The van der Waals surface area contributed by atoms with Gasteiger partial charge in [-0.05, 0) is 19.3 Å². The second-order valence-corrected chi connectivity index (χ2v) is 3.36. The van der Waals surface area contributed by atoms with Crippen LogP contribution in [0.2, 0.25) is 0 Å². The third-order valence-corrected chi connectivity index (χ3v) is 2.32. The van der Waals surface area contributed by atoms with Crippen molar-refractivity contribution in [1.29, 1.82) is 0 Å². The SMILES string of the molecule is O=C(Nc1ccon1)N1CCCCC1. The Kier molecular flexibility index (Phi) is 2.67. The number of piperidine rings is 1. The molecule has 2 rings (SSSR count). The molecule has 0 bridgehead atoms. The van der Waals surface area contributed by atoms with Gasteiger partial charge in [-0.3, -0.25) is 5.32 Å². The van der Waals surface area contributed by atoms with Gasteiger partial charge in [0.15, 0.2) is 5.82 Å². The fourth-order valence-corrected chi connectivity index (χ4v) is 1.56. The van der Waals surface area contributed by atoms with Gasteiger partial charge in [0.2, 0.25) is 0 Å². The summed E-state index contributed by atoms with van der Waals surface area (Å²) in [7, 11) is 0. The van der Waals surface area contributed by atoms with Gasteiger partial charge in [-0.15, -0.1) is 0 Å². The number of anilines is 1. The predicted octanol–water partition coefficient (Wildman–Crippen LogP) is 1.69. The predicted molar refractivity (Wildman–Crippen MR) is 50.9 cm³/mol. The highest BCUT2D eigenvalue weighted by Gasteiger charge is 2.16. The lowest BCUT2D eigenvalue weighted by molar-refractivity contribution is 0.200. The van der Waals surface area contributed by atoms with E-state index in [0.717, 1.165) is 25.9 Å². The molecule has 0 saturated carbocycles. The molecule has 1 aromatic rings. The van der Waals surface area contributed by atoms with Crippen molar-refractivity contribution >= 4 is 11.8 Å². The number of carbonyl (C=O) groups is 1.